The van der Waals surface area contributed by atoms with Crippen molar-refractivity contribution in [3.8, 4) is 0 Å². The number of nitrogens with one attached hydrogen (secondary N) is 1. The first-order valence-corrected chi connectivity index (χ1v) is 14.8. The molecule has 0 unspecified atom stereocenters. The number of hydrogen-bond donors (Lipinski definition) is 1. The van der Waals surface area contributed by atoms with E-state index in [2.05, 4.69) is 60.1 Å². The van der Waals surface area contributed by atoms with Crippen LogP contribution >= 0.6 is 0 Å². The van der Waals surface area contributed by atoms with E-state index >= 15 is 0 Å². The summed E-state index contributed by atoms with van der Waals surface area (Å²) in [5.41, 5.74) is 3.21. The minimum Gasteiger partial charge on any atom is -0.344 e. The molecule has 0 saturated carbocycles. The molecule has 1 atom stereocenters. The topological polar surface area (TPSA) is 76.5 Å². The second-order valence-electron chi connectivity index (χ2n) is 10.6. The summed E-state index contributed by atoms with van der Waals surface area (Å²) in [6.45, 7) is 4.14. The predicted molar refractivity (Wildman–Crippen MR) is 166 cm³/mol. The lowest BCUT2D eigenvalue weighted by Gasteiger charge is -2.37. The van der Waals surface area contributed by atoms with Crippen molar-refractivity contribution in [2.24, 2.45) is 5.92 Å². The molecule has 220 valence electrons. The molecule has 3 aromatic carbocycles. The van der Waals surface area contributed by atoms with E-state index in [1.54, 1.807) is 7.05 Å². The number of hydroxylamine groups is 2. The van der Waals surface area contributed by atoms with Gasteiger partial charge in [0, 0.05) is 25.6 Å². The van der Waals surface area contributed by atoms with Gasteiger partial charge in [-0.05, 0) is 29.5 Å². The van der Waals surface area contributed by atoms with E-state index < -0.39 is 11.6 Å². The average molecular weight is 567 g/mol. The van der Waals surface area contributed by atoms with Crippen molar-refractivity contribution in [1.82, 2.24) is 19.9 Å². The molecule has 7 heteroatoms. The number of aromatic nitrogens is 2. The lowest BCUT2D eigenvalue weighted by molar-refractivity contribution is -0.171. The van der Waals surface area contributed by atoms with Crippen molar-refractivity contribution in [2.45, 2.75) is 57.5 Å². The second-order valence-corrected chi connectivity index (χ2v) is 10.6. The monoisotopic (exact) mass is 566 g/mol. The number of benzene rings is 3. The van der Waals surface area contributed by atoms with E-state index in [0.29, 0.717) is 5.69 Å². The summed E-state index contributed by atoms with van der Waals surface area (Å²) in [6.07, 6.45) is 7.40. The van der Waals surface area contributed by atoms with Crippen LogP contribution in [-0.2, 0) is 26.4 Å². The molecule has 7 nitrogen and oxygen atoms in total. The summed E-state index contributed by atoms with van der Waals surface area (Å²) >= 11 is 0. The molecule has 0 saturated heterocycles. The lowest BCUT2D eigenvalue weighted by atomic mass is 9.77. The van der Waals surface area contributed by atoms with E-state index in [1.165, 1.54) is 12.2 Å². The maximum absolute atomic E-state index is 13.4. The molecule has 0 aliphatic heterocycles. The summed E-state index contributed by atoms with van der Waals surface area (Å²) in [6, 6.07) is 30.2. The molecule has 0 aliphatic rings. The van der Waals surface area contributed by atoms with Gasteiger partial charge in [0.05, 0.1) is 19.1 Å². The van der Waals surface area contributed by atoms with E-state index in [-0.39, 0.29) is 24.2 Å². The number of amides is 2. The van der Waals surface area contributed by atoms with Gasteiger partial charge in [0.1, 0.15) is 11.6 Å². The first-order valence-electron chi connectivity index (χ1n) is 14.8. The maximum atomic E-state index is 13.4. The van der Waals surface area contributed by atoms with Crippen LogP contribution in [0, 0.1) is 5.92 Å². The van der Waals surface area contributed by atoms with Gasteiger partial charge in [-0.1, -0.05) is 118 Å². The number of nitrogens with zero attached hydrogens (tertiary/aromatic N) is 3. The van der Waals surface area contributed by atoms with Crippen molar-refractivity contribution < 1.29 is 14.4 Å². The first-order chi connectivity index (χ1) is 20.4. The molecule has 4 aromatic rings. The molecule has 1 N–H and O–H groups in total. The number of rotatable bonds is 14. The Hall–Kier alpha value is -4.23. The summed E-state index contributed by atoms with van der Waals surface area (Å²) < 4.78 is 2.11. The summed E-state index contributed by atoms with van der Waals surface area (Å²) in [7, 11) is 3.00. The van der Waals surface area contributed by atoms with Gasteiger partial charge in [0.2, 0.25) is 5.91 Å². The van der Waals surface area contributed by atoms with Crippen LogP contribution in [0.4, 0.5) is 0 Å². The highest BCUT2D eigenvalue weighted by molar-refractivity contribution is 5.88. The van der Waals surface area contributed by atoms with E-state index in [4.69, 9.17) is 9.82 Å². The Morgan fingerprint density at radius 1 is 0.857 bits per heavy atom. The molecule has 1 aromatic heterocycles. The highest BCUT2D eigenvalue weighted by Crippen LogP contribution is 2.40. The van der Waals surface area contributed by atoms with Gasteiger partial charge in [0.25, 0.3) is 5.91 Å². The van der Waals surface area contributed by atoms with Crippen LogP contribution < -0.4 is 5.32 Å². The van der Waals surface area contributed by atoms with Gasteiger partial charge < -0.3 is 9.88 Å². The molecule has 1 heterocycles. The highest BCUT2D eigenvalue weighted by atomic mass is 16.7. The molecule has 0 bridgehead atoms. The Bertz CT molecular complexity index is 1300. The highest BCUT2D eigenvalue weighted by Gasteiger charge is 2.38. The van der Waals surface area contributed by atoms with Gasteiger partial charge in [-0.3, -0.25) is 14.4 Å². The zero-order valence-corrected chi connectivity index (χ0v) is 25.1. The minimum absolute atomic E-state index is 0.104. The van der Waals surface area contributed by atoms with E-state index in [1.807, 2.05) is 67.1 Å². The fourth-order valence-corrected chi connectivity index (χ4v) is 5.75. The van der Waals surface area contributed by atoms with Gasteiger partial charge in [-0.15, -0.1) is 0 Å². The third-order valence-electron chi connectivity index (χ3n) is 7.86. The van der Waals surface area contributed by atoms with Gasteiger partial charge in [0.15, 0.2) is 0 Å². The fraction of sp³-hybridized carbons (Fsp3) is 0.343. The van der Waals surface area contributed by atoms with Crippen LogP contribution in [0.15, 0.2) is 104 Å². The van der Waals surface area contributed by atoms with Crippen molar-refractivity contribution in [3.05, 3.63) is 126 Å². The van der Waals surface area contributed by atoms with Gasteiger partial charge >= 0.3 is 0 Å². The van der Waals surface area contributed by atoms with Crippen molar-refractivity contribution in [2.75, 3.05) is 14.2 Å². The third-order valence-corrected chi connectivity index (χ3v) is 7.86. The molecule has 0 radical (unpaired) electrons. The predicted octanol–water partition coefficient (Wildman–Crippen LogP) is 5.99. The molecule has 0 fully saturated rings. The minimum atomic E-state index is -0.818. The first kappa shape index (κ1) is 30.7. The summed E-state index contributed by atoms with van der Waals surface area (Å²) in [5, 5.41) is 4.20. The molecular weight excluding hydrogens is 524 g/mol. The van der Waals surface area contributed by atoms with Crippen molar-refractivity contribution in [3.63, 3.8) is 0 Å². The van der Waals surface area contributed by atoms with Gasteiger partial charge in [-0.25, -0.2) is 10.0 Å². The molecular formula is C35H42N4O3. The molecule has 2 amide bonds. The zero-order chi connectivity index (χ0) is 30.0. The number of carbonyl (C=O) groups excluding carboxylic acids is 2. The average Bonchev–Trinajstić information content (AvgIpc) is 3.50. The number of hydrogen-bond acceptors (Lipinski definition) is 4. The summed E-state index contributed by atoms with van der Waals surface area (Å²) in [5.74, 6) is -0.566. The SMILES string of the molecule is CCCC(CCC)C(=O)N[C@@H](Cc1cn(C(c2ccccc2)(c2ccccc2)c2ccccc2)cn1)C(=O)N(C)OC. The fourth-order valence-electron chi connectivity index (χ4n) is 5.75. The Morgan fingerprint density at radius 3 is 1.76 bits per heavy atom. The Balaban J connectivity index is 1.78. The second kappa shape index (κ2) is 14.6. The van der Waals surface area contributed by atoms with E-state index in [0.717, 1.165) is 42.4 Å². The smallest absolute Gasteiger partial charge is 0.268 e. The largest absolute Gasteiger partial charge is 0.344 e. The third kappa shape index (κ3) is 6.63. The normalized spacial score (nSPS) is 12.2. The molecule has 0 aliphatic carbocycles. The molecule has 4 rings (SSSR count). The van der Waals surface area contributed by atoms with E-state index in [9.17, 15) is 9.59 Å². The Labute approximate surface area is 249 Å². The maximum Gasteiger partial charge on any atom is 0.268 e. The number of likely N-dealkylation sites (N-methyl/N-ethyl adjacent to an activating group) is 1. The van der Waals surface area contributed by atoms with Crippen LogP contribution in [0.2, 0.25) is 0 Å². The van der Waals surface area contributed by atoms with Crippen LogP contribution in [0.25, 0.3) is 0 Å². The molecule has 42 heavy (non-hydrogen) atoms. The lowest BCUT2D eigenvalue weighted by Crippen LogP contribution is -2.50. The van der Waals surface area contributed by atoms with Crippen LogP contribution in [-0.4, -0.2) is 46.6 Å². The van der Waals surface area contributed by atoms with Crippen molar-refractivity contribution in [1.29, 1.82) is 0 Å². The number of carbonyl (C=O) groups is 2. The summed E-state index contributed by atoms with van der Waals surface area (Å²) in [4.78, 5) is 36.7. The molecule has 0 spiro atoms. The van der Waals surface area contributed by atoms with Crippen LogP contribution in [0.5, 0.6) is 0 Å². The zero-order valence-electron chi connectivity index (χ0n) is 25.1. The Morgan fingerprint density at radius 2 is 1.33 bits per heavy atom. The van der Waals surface area contributed by atoms with Crippen LogP contribution in [0.1, 0.15) is 61.9 Å². The standard InChI is InChI=1S/C35H42N4O3/c1-5-16-27(17-6-2)33(40)37-32(34(41)38(3)42-4)24-31-25-39(26-36-31)35(28-18-10-7-11-19-28,29-20-12-8-13-21-29)30-22-14-9-15-23-30/h7-15,18-23,25-27,32H,5-6,16-17,24H2,1-4H3,(H,37,40)/t32-/m0/s1. The van der Waals surface area contributed by atoms with Crippen LogP contribution in [0.3, 0.4) is 0 Å². The number of imidazole rings is 1. The Kier molecular flexibility index (Phi) is 10.7. The quantitative estimate of drug-likeness (QED) is 0.150. The van der Waals surface area contributed by atoms with Gasteiger partial charge in [-0.2, -0.15) is 0 Å². The van der Waals surface area contributed by atoms with Crippen molar-refractivity contribution >= 4 is 11.8 Å².